The summed E-state index contributed by atoms with van der Waals surface area (Å²) in [5.41, 5.74) is -0.0386. The minimum absolute atomic E-state index is 0.00794. The van der Waals surface area contributed by atoms with Crippen molar-refractivity contribution >= 4 is 33.2 Å². The van der Waals surface area contributed by atoms with E-state index in [0.717, 1.165) is 6.07 Å². The molecule has 2 nitrogen and oxygen atoms in total. The maximum absolute atomic E-state index is 12.9. The molecule has 0 radical (unpaired) electrons. The highest BCUT2D eigenvalue weighted by atomic mass is 79.9. The Morgan fingerprint density at radius 3 is 2.65 bits per heavy atom. The molecule has 106 valence electrons. The molecule has 1 aromatic heterocycles. The monoisotopic (exact) mass is 364 g/mol. The first-order chi connectivity index (χ1) is 9.38. The second-order valence-electron chi connectivity index (χ2n) is 4.01. The van der Waals surface area contributed by atoms with Gasteiger partial charge in [0.1, 0.15) is 0 Å². The van der Waals surface area contributed by atoms with E-state index < -0.39 is 11.7 Å². The average Bonchev–Trinajstić information content (AvgIpc) is 2.38. The number of nitrogens with zero attached hydrogens (tertiary/aromatic N) is 1. The molecule has 7 heteroatoms. The fraction of sp³-hybridized carbons (Fsp3) is 0.154. The third kappa shape index (κ3) is 3.64. The summed E-state index contributed by atoms with van der Waals surface area (Å²) in [6, 6.07) is 5.62. The molecule has 2 aromatic rings. The van der Waals surface area contributed by atoms with Gasteiger partial charge < -0.3 is 5.32 Å². The highest BCUT2D eigenvalue weighted by molar-refractivity contribution is 9.10. The summed E-state index contributed by atoms with van der Waals surface area (Å²) in [4.78, 5) is 3.82. The Labute approximate surface area is 127 Å². The zero-order chi connectivity index (χ0) is 14.8. The second kappa shape index (κ2) is 6.01. The summed E-state index contributed by atoms with van der Waals surface area (Å²) in [5.74, 6) is 0. The summed E-state index contributed by atoms with van der Waals surface area (Å²) < 4.78 is 39.2. The van der Waals surface area contributed by atoms with Crippen molar-refractivity contribution in [3.8, 4) is 0 Å². The third-order valence-electron chi connectivity index (χ3n) is 2.61. The van der Waals surface area contributed by atoms with Crippen molar-refractivity contribution in [3.63, 3.8) is 0 Å². The van der Waals surface area contributed by atoms with E-state index >= 15 is 0 Å². The number of benzene rings is 1. The van der Waals surface area contributed by atoms with Crippen molar-refractivity contribution in [3.05, 3.63) is 57.3 Å². The minimum atomic E-state index is -4.42. The molecule has 0 fully saturated rings. The smallest absolute Gasteiger partial charge is 0.380 e. The van der Waals surface area contributed by atoms with E-state index in [1.54, 1.807) is 12.1 Å². The van der Waals surface area contributed by atoms with Crippen LogP contribution in [0.2, 0.25) is 5.02 Å². The lowest BCUT2D eigenvalue weighted by molar-refractivity contribution is -0.137. The van der Waals surface area contributed by atoms with Crippen LogP contribution < -0.4 is 5.32 Å². The number of hydrogen-bond donors (Lipinski definition) is 1. The maximum Gasteiger partial charge on any atom is 0.418 e. The molecule has 0 atom stereocenters. The molecule has 0 unspecified atom stereocenters. The first-order valence-corrected chi connectivity index (χ1v) is 6.74. The Bertz CT molecular complexity index is 617. The average molecular weight is 366 g/mol. The van der Waals surface area contributed by atoms with Crippen LogP contribution in [0.4, 0.5) is 18.9 Å². The first-order valence-electron chi connectivity index (χ1n) is 5.57. The van der Waals surface area contributed by atoms with E-state index in [0.29, 0.717) is 15.1 Å². The van der Waals surface area contributed by atoms with Crippen LogP contribution in [0, 0.1) is 0 Å². The molecule has 0 saturated carbocycles. The molecule has 0 aliphatic carbocycles. The molecule has 0 amide bonds. The Morgan fingerprint density at radius 2 is 2.00 bits per heavy atom. The molecule has 0 aliphatic rings. The number of pyridine rings is 1. The normalized spacial score (nSPS) is 11.4. The summed E-state index contributed by atoms with van der Waals surface area (Å²) in [6.07, 6.45) is -1.44. The zero-order valence-corrected chi connectivity index (χ0v) is 12.4. The quantitative estimate of drug-likeness (QED) is 0.816. The SMILES string of the molecule is FC(F)(F)c1cc(Br)ccc1NCc1ccncc1Cl. The van der Waals surface area contributed by atoms with Gasteiger partial charge in [0, 0.05) is 29.1 Å². The summed E-state index contributed by atoms with van der Waals surface area (Å²) in [5, 5.41) is 3.16. The number of nitrogens with one attached hydrogen (secondary N) is 1. The van der Waals surface area contributed by atoms with Crippen molar-refractivity contribution in [2.45, 2.75) is 12.7 Å². The first kappa shape index (κ1) is 15.1. The van der Waals surface area contributed by atoms with Crippen LogP contribution in [-0.2, 0) is 12.7 Å². The molecule has 0 saturated heterocycles. The van der Waals surface area contributed by atoms with Gasteiger partial charge in [-0.15, -0.1) is 0 Å². The zero-order valence-electron chi connectivity index (χ0n) is 10.0. The van der Waals surface area contributed by atoms with Crippen LogP contribution in [0.5, 0.6) is 0 Å². The third-order valence-corrected chi connectivity index (χ3v) is 3.45. The number of rotatable bonds is 3. The van der Waals surface area contributed by atoms with Crippen molar-refractivity contribution in [2.24, 2.45) is 0 Å². The van der Waals surface area contributed by atoms with Crippen molar-refractivity contribution in [2.75, 3.05) is 5.32 Å². The van der Waals surface area contributed by atoms with E-state index in [9.17, 15) is 13.2 Å². The highest BCUT2D eigenvalue weighted by Gasteiger charge is 2.33. The van der Waals surface area contributed by atoms with Gasteiger partial charge in [0.25, 0.3) is 0 Å². The van der Waals surface area contributed by atoms with Crippen molar-refractivity contribution in [1.82, 2.24) is 4.98 Å². The lowest BCUT2D eigenvalue weighted by Crippen LogP contribution is -2.11. The lowest BCUT2D eigenvalue weighted by atomic mass is 10.1. The number of halogens is 5. The van der Waals surface area contributed by atoms with Crippen LogP contribution in [-0.4, -0.2) is 4.98 Å². The molecule has 0 bridgehead atoms. The van der Waals surface area contributed by atoms with Gasteiger partial charge in [-0.2, -0.15) is 13.2 Å². The van der Waals surface area contributed by atoms with E-state index in [1.807, 2.05) is 0 Å². The van der Waals surface area contributed by atoms with E-state index in [-0.39, 0.29) is 12.2 Å². The van der Waals surface area contributed by atoms with Gasteiger partial charge in [-0.3, -0.25) is 4.98 Å². The predicted molar refractivity (Wildman–Crippen MR) is 75.7 cm³/mol. The topological polar surface area (TPSA) is 24.9 Å². The number of hydrogen-bond acceptors (Lipinski definition) is 2. The molecular formula is C13H9BrClF3N2. The van der Waals surface area contributed by atoms with Gasteiger partial charge in [0.15, 0.2) is 0 Å². The molecule has 0 spiro atoms. The molecular weight excluding hydrogens is 357 g/mol. The van der Waals surface area contributed by atoms with Gasteiger partial charge in [-0.1, -0.05) is 27.5 Å². The van der Waals surface area contributed by atoms with E-state index in [1.165, 1.54) is 18.5 Å². The van der Waals surface area contributed by atoms with Gasteiger partial charge in [-0.05, 0) is 29.8 Å². The van der Waals surface area contributed by atoms with Crippen LogP contribution in [0.3, 0.4) is 0 Å². The van der Waals surface area contributed by atoms with E-state index in [2.05, 4.69) is 26.2 Å². The van der Waals surface area contributed by atoms with Crippen LogP contribution >= 0.6 is 27.5 Å². The van der Waals surface area contributed by atoms with Crippen LogP contribution in [0.1, 0.15) is 11.1 Å². The molecule has 2 rings (SSSR count). The van der Waals surface area contributed by atoms with Gasteiger partial charge >= 0.3 is 6.18 Å². The highest BCUT2D eigenvalue weighted by Crippen LogP contribution is 2.36. The van der Waals surface area contributed by atoms with Gasteiger partial charge in [-0.25, -0.2) is 0 Å². The van der Waals surface area contributed by atoms with Gasteiger partial charge in [0.2, 0.25) is 0 Å². The van der Waals surface area contributed by atoms with E-state index in [4.69, 9.17) is 11.6 Å². The molecule has 1 heterocycles. The summed E-state index contributed by atoms with van der Waals surface area (Å²) >= 11 is 8.95. The van der Waals surface area contributed by atoms with Crippen LogP contribution in [0.15, 0.2) is 41.1 Å². The van der Waals surface area contributed by atoms with Crippen molar-refractivity contribution in [1.29, 1.82) is 0 Å². The summed E-state index contributed by atoms with van der Waals surface area (Å²) in [6.45, 7) is 0.187. The molecule has 1 aromatic carbocycles. The predicted octanol–water partition coefficient (Wildman–Crippen LogP) is 5.13. The molecule has 20 heavy (non-hydrogen) atoms. The standard InChI is InChI=1S/C13H9BrClF3N2/c14-9-1-2-12(10(5-9)13(16,17)18)20-6-8-3-4-19-7-11(8)15/h1-5,7,20H,6H2. The Morgan fingerprint density at radius 1 is 1.25 bits per heavy atom. The molecule has 0 aliphatic heterocycles. The fourth-order valence-electron chi connectivity index (χ4n) is 1.64. The largest absolute Gasteiger partial charge is 0.418 e. The van der Waals surface area contributed by atoms with Crippen molar-refractivity contribution < 1.29 is 13.2 Å². The summed E-state index contributed by atoms with van der Waals surface area (Å²) in [7, 11) is 0. The minimum Gasteiger partial charge on any atom is -0.380 e. The number of alkyl halides is 3. The lowest BCUT2D eigenvalue weighted by Gasteiger charge is -2.15. The Hall–Kier alpha value is -1.27. The Balaban J connectivity index is 2.24. The fourth-order valence-corrected chi connectivity index (χ4v) is 2.19. The van der Waals surface area contributed by atoms with Crippen LogP contribution in [0.25, 0.3) is 0 Å². The molecule has 1 N–H and O–H groups in total. The number of aromatic nitrogens is 1. The second-order valence-corrected chi connectivity index (χ2v) is 5.33. The Kier molecular flexibility index (Phi) is 4.55. The number of anilines is 1. The van der Waals surface area contributed by atoms with Gasteiger partial charge in [0.05, 0.1) is 10.6 Å². The maximum atomic E-state index is 12.9.